The lowest BCUT2D eigenvalue weighted by Crippen LogP contribution is -2.09. The van der Waals surface area contributed by atoms with E-state index in [4.69, 9.17) is 4.74 Å². The summed E-state index contributed by atoms with van der Waals surface area (Å²) in [6.45, 7) is 1.86. The van der Waals surface area contributed by atoms with Crippen LogP contribution >= 0.6 is 0 Å². The molecule has 4 heteroatoms. The number of hydrogen-bond acceptors (Lipinski definition) is 3. The Hall–Kier alpha value is -1.84. The van der Waals surface area contributed by atoms with Gasteiger partial charge in [-0.1, -0.05) is 6.07 Å². The number of aromatic nitrogens is 2. The summed E-state index contributed by atoms with van der Waals surface area (Å²) in [6, 6.07) is 6.07. The van der Waals surface area contributed by atoms with Gasteiger partial charge in [-0.05, 0) is 30.5 Å². The van der Waals surface area contributed by atoms with Gasteiger partial charge in [0.25, 0.3) is 6.47 Å². The first kappa shape index (κ1) is 10.3. The summed E-state index contributed by atoms with van der Waals surface area (Å²) >= 11 is 0. The highest BCUT2D eigenvalue weighted by Crippen LogP contribution is 2.23. The molecule has 0 fully saturated rings. The van der Waals surface area contributed by atoms with Gasteiger partial charge < -0.3 is 9.30 Å². The quantitative estimate of drug-likeness (QED) is 0.758. The normalized spacial score (nSPS) is 14.6. The number of benzene rings is 1. The smallest absolute Gasteiger partial charge is 0.293 e. The van der Waals surface area contributed by atoms with E-state index in [1.807, 2.05) is 12.1 Å². The van der Waals surface area contributed by atoms with Crippen molar-refractivity contribution in [1.82, 2.24) is 9.55 Å². The minimum Gasteiger partial charge on any atom is -0.463 e. The Morgan fingerprint density at radius 1 is 1.41 bits per heavy atom. The Morgan fingerprint density at radius 3 is 3.24 bits per heavy atom. The lowest BCUT2D eigenvalue weighted by Gasteiger charge is -2.13. The molecule has 3 rings (SSSR count). The van der Waals surface area contributed by atoms with Crippen LogP contribution in [0.3, 0.4) is 0 Å². The van der Waals surface area contributed by atoms with E-state index in [2.05, 4.69) is 15.6 Å². The highest BCUT2D eigenvalue weighted by Gasteiger charge is 2.14. The van der Waals surface area contributed by atoms with Crippen molar-refractivity contribution in [2.75, 3.05) is 0 Å². The molecule has 0 saturated heterocycles. The number of imidazole rings is 1. The lowest BCUT2D eigenvalue weighted by molar-refractivity contribution is -0.129. The minimum atomic E-state index is 0.321. The lowest BCUT2D eigenvalue weighted by atomic mass is 10.1. The number of fused-ring (bicyclic) bond motifs is 3. The van der Waals surface area contributed by atoms with Gasteiger partial charge in [-0.3, -0.25) is 4.79 Å². The van der Waals surface area contributed by atoms with E-state index in [-0.39, 0.29) is 0 Å². The molecule has 0 amide bonds. The standard InChI is InChI=1S/C13H14N2O2/c16-9-17-8-10-4-5-12-11(7-10)14-13-3-1-2-6-15(12)13/h4-5,7,9H,1-3,6,8H2. The van der Waals surface area contributed by atoms with Gasteiger partial charge in [0.05, 0.1) is 11.0 Å². The van der Waals surface area contributed by atoms with E-state index in [1.54, 1.807) is 0 Å². The molecule has 0 saturated carbocycles. The van der Waals surface area contributed by atoms with Gasteiger partial charge in [0.1, 0.15) is 12.4 Å². The summed E-state index contributed by atoms with van der Waals surface area (Å²) in [7, 11) is 0. The molecule has 0 spiro atoms. The van der Waals surface area contributed by atoms with E-state index in [1.165, 1.54) is 24.2 Å². The third-order valence-electron chi connectivity index (χ3n) is 3.24. The number of carbonyl (C=O) groups excluding carboxylic acids is 1. The Balaban J connectivity index is 2.02. The van der Waals surface area contributed by atoms with Crippen LogP contribution in [0.25, 0.3) is 11.0 Å². The van der Waals surface area contributed by atoms with E-state index < -0.39 is 0 Å². The fourth-order valence-corrected chi connectivity index (χ4v) is 2.44. The van der Waals surface area contributed by atoms with E-state index in [9.17, 15) is 4.79 Å². The van der Waals surface area contributed by atoms with Gasteiger partial charge >= 0.3 is 0 Å². The zero-order valence-corrected chi connectivity index (χ0v) is 9.56. The summed E-state index contributed by atoms with van der Waals surface area (Å²) in [4.78, 5) is 14.8. The van der Waals surface area contributed by atoms with E-state index in [0.29, 0.717) is 13.1 Å². The number of ether oxygens (including phenoxy) is 1. The first-order valence-corrected chi connectivity index (χ1v) is 5.92. The summed E-state index contributed by atoms with van der Waals surface area (Å²) in [5.41, 5.74) is 3.18. The van der Waals surface area contributed by atoms with Gasteiger partial charge in [0, 0.05) is 13.0 Å². The Kier molecular flexibility index (Phi) is 2.55. The second-order valence-electron chi connectivity index (χ2n) is 4.37. The van der Waals surface area contributed by atoms with Crippen LogP contribution in [0.4, 0.5) is 0 Å². The van der Waals surface area contributed by atoms with Crippen molar-refractivity contribution in [3.63, 3.8) is 0 Å². The molecule has 0 N–H and O–H groups in total. The van der Waals surface area contributed by atoms with Crippen LogP contribution in [0, 0.1) is 0 Å². The molecule has 0 atom stereocenters. The average molecular weight is 230 g/mol. The highest BCUT2D eigenvalue weighted by atomic mass is 16.5. The number of nitrogens with zero attached hydrogens (tertiary/aromatic N) is 2. The highest BCUT2D eigenvalue weighted by molar-refractivity contribution is 5.77. The predicted molar refractivity (Wildman–Crippen MR) is 63.5 cm³/mol. The summed E-state index contributed by atoms with van der Waals surface area (Å²) < 4.78 is 7.05. The molecule has 1 aromatic carbocycles. The van der Waals surface area contributed by atoms with Crippen LogP contribution in [0.15, 0.2) is 18.2 Å². The van der Waals surface area contributed by atoms with Crippen molar-refractivity contribution >= 4 is 17.5 Å². The molecular weight excluding hydrogens is 216 g/mol. The maximum absolute atomic E-state index is 10.2. The molecule has 0 unspecified atom stereocenters. The zero-order chi connectivity index (χ0) is 11.7. The Bertz CT molecular complexity index is 560. The zero-order valence-electron chi connectivity index (χ0n) is 9.56. The predicted octanol–water partition coefficient (Wildman–Crippen LogP) is 2.05. The monoisotopic (exact) mass is 230 g/mol. The molecule has 1 aliphatic heterocycles. The molecular formula is C13H14N2O2. The van der Waals surface area contributed by atoms with Crippen LogP contribution in [0.1, 0.15) is 24.2 Å². The van der Waals surface area contributed by atoms with Crippen molar-refractivity contribution in [1.29, 1.82) is 0 Å². The molecule has 88 valence electrons. The molecule has 1 aliphatic rings. The van der Waals surface area contributed by atoms with Crippen molar-refractivity contribution in [3.05, 3.63) is 29.6 Å². The Morgan fingerprint density at radius 2 is 2.35 bits per heavy atom. The molecule has 0 aliphatic carbocycles. The van der Waals surface area contributed by atoms with Crippen molar-refractivity contribution < 1.29 is 9.53 Å². The Labute approximate surface area is 99.2 Å². The van der Waals surface area contributed by atoms with Gasteiger partial charge in [-0.25, -0.2) is 4.98 Å². The molecule has 2 heterocycles. The van der Waals surface area contributed by atoms with Crippen LogP contribution < -0.4 is 0 Å². The molecule has 0 radical (unpaired) electrons. The molecule has 0 bridgehead atoms. The minimum absolute atomic E-state index is 0.321. The molecule has 1 aromatic heterocycles. The second kappa shape index (κ2) is 4.20. The largest absolute Gasteiger partial charge is 0.463 e. The number of hydrogen-bond donors (Lipinski definition) is 0. The fourth-order valence-electron chi connectivity index (χ4n) is 2.44. The molecule has 17 heavy (non-hydrogen) atoms. The maximum atomic E-state index is 10.2. The average Bonchev–Trinajstić information content (AvgIpc) is 2.74. The van der Waals surface area contributed by atoms with Crippen LogP contribution in [-0.4, -0.2) is 16.0 Å². The summed E-state index contributed by atoms with van der Waals surface area (Å²) in [5, 5.41) is 0. The molecule has 2 aromatic rings. The number of aryl methyl sites for hydroxylation is 2. The van der Waals surface area contributed by atoms with Crippen LogP contribution in [0.5, 0.6) is 0 Å². The third kappa shape index (κ3) is 1.79. The van der Waals surface area contributed by atoms with E-state index in [0.717, 1.165) is 24.0 Å². The van der Waals surface area contributed by atoms with Crippen molar-refractivity contribution in [2.24, 2.45) is 0 Å². The molecule has 4 nitrogen and oxygen atoms in total. The van der Waals surface area contributed by atoms with Gasteiger partial charge in [-0.2, -0.15) is 0 Å². The van der Waals surface area contributed by atoms with Gasteiger partial charge in [0.2, 0.25) is 0 Å². The van der Waals surface area contributed by atoms with Crippen molar-refractivity contribution in [3.8, 4) is 0 Å². The first-order chi connectivity index (χ1) is 8.38. The van der Waals surface area contributed by atoms with E-state index >= 15 is 0 Å². The number of rotatable bonds is 3. The summed E-state index contributed by atoms with van der Waals surface area (Å²) in [5.74, 6) is 1.18. The van der Waals surface area contributed by atoms with Crippen molar-refractivity contribution in [2.45, 2.75) is 32.4 Å². The van der Waals surface area contributed by atoms with Gasteiger partial charge in [-0.15, -0.1) is 0 Å². The third-order valence-corrected chi connectivity index (χ3v) is 3.24. The summed E-state index contributed by atoms with van der Waals surface area (Å²) in [6.07, 6.45) is 3.52. The first-order valence-electron chi connectivity index (χ1n) is 5.92. The SMILES string of the molecule is O=COCc1ccc2c(c1)nc1n2CCCC1. The van der Waals surface area contributed by atoms with Crippen LogP contribution in [-0.2, 0) is 29.1 Å². The topological polar surface area (TPSA) is 44.1 Å². The number of carbonyl (C=O) groups is 1. The fraction of sp³-hybridized carbons (Fsp3) is 0.385. The van der Waals surface area contributed by atoms with Gasteiger partial charge in [0.15, 0.2) is 0 Å². The van der Waals surface area contributed by atoms with Crippen LogP contribution in [0.2, 0.25) is 0 Å². The second-order valence-corrected chi connectivity index (χ2v) is 4.37. The maximum Gasteiger partial charge on any atom is 0.293 e.